The van der Waals surface area contributed by atoms with E-state index in [1.54, 1.807) is 17.2 Å². The maximum atomic E-state index is 14.2. The Kier molecular flexibility index (Phi) is 5.80. The molecule has 1 amide bonds. The van der Waals surface area contributed by atoms with Gasteiger partial charge < -0.3 is 19.4 Å². The lowest BCUT2D eigenvalue weighted by Gasteiger charge is -2.27. The number of likely N-dealkylation sites (N-methyl/N-ethyl adjacent to an activating group) is 1. The van der Waals surface area contributed by atoms with Crippen molar-refractivity contribution in [1.29, 1.82) is 0 Å². The predicted molar refractivity (Wildman–Crippen MR) is 130 cm³/mol. The van der Waals surface area contributed by atoms with Gasteiger partial charge in [-0.1, -0.05) is 0 Å². The van der Waals surface area contributed by atoms with Crippen LogP contribution in [0.15, 0.2) is 42.6 Å². The topological polar surface area (TPSA) is 48.9 Å². The molecule has 0 saturated carbocycles. The zero-order chi connectivity index (χ0) is 23.1. The zero-order valence-electron chi connectivity index (χ0n) is 19.0. The third kappa shape index (κ3) is 4.09. The van der Waals surface area contributed by atoms with Crippen molar-refractivity contribution >= 4 is 28.7 Å². The molecule has 0 radical (unpaired) electrons. The Hall–Kier alpha value is -2.97. The molecule has 0 aliphatic carbocycles. The minimum absolute atomic E-state index is 0.0233. The van der Waals surface area contributed by atoms with Gasteiger partial charge in [0, 0.05) is 30.6 Å². The number of hydrogen-bond donors (Lipinski definition) is 0. The highest BCUT2D eigenvalue weighted by Crippen LogP contribution is 2.37. The van der Waals surface area contributed by atoms with E-state index >= 15 is 0 Å². The van der Waals surface area contributed by atoms with Gasteiger partial charge in [-0.15, -0.1) is 11.3 Å². The molecule has 0 unspecified atom stereocenters. The number of carbonyl (C=O) groups excluding carboxylic acids is 1. The van der Waals surface area contributed by atoms with Crippen molar-refractivity contribution in [2.24, 2.45) is 0 Å². The van der Waals surface area contributed by atoms with Crippen LogP contribution in [0.3, 0.4) is 0 Å². The Morgan fingerprint density at radius 3 is 2.70 bits per heavy atom. The number of fused-ring (bicyclic) bond motifs is 1. The molecular formula is C25H27FN4O2S. The molecule has 5 rings (SSSR count). The smallest absolute Gasteiger partial charge is 0.268 e. The molecular weight excluding hydrogens is 439 g/mol. The van der Waals surface area contributed by atoms with Gasteiger partial charge in [-0.2, -0.15) is 0 Å². The van der Waals surface area contributed by atoms with E-state index in [0.29, 0.717) is 17.5 Å². The number of benzene rings is 1. The number of anilines is 2. The molecule has 4 heterocycles. The van der Waals surface area contributed by atoms with Gasteiger partial charge in [-0.05, 0) is 74.5 Å². The maximum Gasteiger partial charge on any atom is 0.268 e. The Balaban J connectivity index is 1.34. The highest BCUT2D eigenvalue weighted by atomic mass is 32.1. The van der Waals surface area contributed by atoms with Gasteiger partial charge in [0.2, 0.25) is 0 Å². The first-order chi connectivity index (χ1) is 15.9. The molecule has 6 nitrogen and oxygen atoms in total. The molecule has 2 aliphatic heterocycles. The van der Waals surface area contributed by atoms with Crippen molar-refractivity contribution in [3.8, 4) is 16.2 Å². The van der Waals surface area contributed by atoms with E-state index in [-0.39, 0.29) is 11.7 Å². The SMILES string of the molecule is COc1ccc(-c2cc3c(s2)C(=O)N(c2ccc(N4CC[C@H](N(C)C)C4)nc2)CC3)cc1F. The van der Waals surface area contributed by atoms with Crippen LogP contribution in [0, 0.1) is 5.82 Å². The van der Waals surface area contributed by atoms with Crippen LogP contribution < -0.4 is 14.5 Å². The number of halogens is 1. The maximum absolute atomic E-state index is 14.2. The summed E-state index contributed by atoms with van der Waals surface area (Å²) < 4.78 is 19.2. The molecule has 33 heavy (non-hydrogen) atoms. The third-order valence-corrected chi connectivity index (χ3v) is 7.77. The lowest BCUT2D eigenvalue weighted by Crippen LogP contribution is -2.36. The highest BCUT2D eigenvalue weighted by Gasteiger charge is 2.29. The summed E-state index contributed by atoms with van der Waals surface area (Å²) in [5.74, 6) is 0.734. The highest BCUT2D eigenvalue weighted by molar-refractivity contribution is 7.17. The monoisotopic (exact) mass is 466 g/mol. The summed E-state index contributed by atoms with van der Waals surface area (Å²) in [6, 6.07) is 11.4. The molecule has 1 fully saturated rings. The van der Waals surface area contributed by atoms with Gasteiger partial charge >= 0.3 is 0 Å². The summed E-state index contributed by atoms with van der Waals surface area (Å²) in [7, 11) is 5.67. The Morgan fingerprint density at radius 2 is 2.03 bits per heavy atom. The van der Waals surface area contributed by atoms with E-state index in [1.807, 2.05) is 24.3 Å². The predicted octanol–water partition coefficient (Wildman–Crippen LogP) is 4.30. The molecule has 0 bridgehead atoms. The molecule has 172 valence electrons. The molecule has 2 aliphatic rings. The number of aromatic nitrogens is 1. The van der Waals surface area contributed by atoms with E-state index in [9.17, 15) is 9.18 Å². The zero-order valence-corrected chi connectivity index (χ0v) is 19.9. The summed E-state index contributed by atoms with van der Waals surface area (Å²) in [6.07, 6.45) is 3.69. The van der Waals surface area contributed by atoms with E-state index < -0.39 is 5.82 Å². The fourth-order valence-electron chi connectivity index (χ4n) is 4.56. The van der Waals surface area contributed by atoms with Gasteiger partial charge in [-0.3, -0.25) is 4.79 Å². The third-order valence-electron chi connectivity index (χ3n) is 6.55. The van der Waals surface area contributed by atoms with Gasteiger partial charge in [0.1, 0.15) is 5.82 Å². The van der Waals surface area contributed by atoms with Crippen molar-refractivity contribution < 1.29 is 13.9 Å². The molecule has 3 aromatic rings. The number of carbonyl (C=O) groups is 1. The normalized spacial score (nSPS) is 18.2. The fourth-order valence-corrected chi connectivity index (χ4v) is 5.71. The number of methoxy groups -OCH3 is 1. The summed E-state index contributed by atoms with van der Waals surface area (Å²) in [5.41, 5.74) is 2.58. The van der Waals surface area contributed by atoms with Crippen LogP contribution in [0.1, 0.15) is 21.7 Å². The van der Waals surface area contributed by atoms with Crippen LogP contribution >= 0.6 is 11.3 Å². The summed E-state index contributed by atoms with van der Waals surface area (Å²) >= 11 is 1.41. The largest absolute Gasteiger partial charge is 0.494 e. The number of amides is 1. The van der Waals surface area contributed by atoms with Crippen LogP contribution in [-0.4, -0.2) is 62.7 Å². The fraction of sp³-hybridized carbons (Fsp3) is 0.360. The van der Waals surface area contributed by atoms with Crippen LogP contribution in [0.4, 0.5) is 15.9 Å². The van der Waals surface area contributed by atoms with Crippen molar-refractivity contribution in [1.82, 2.24) is 9.88 Å². The first-order valence-electron chi connectivity index (χ1n) is 11.1. The number of nitrogens with zero attached hydrogens (tertiary/aromatic N) is 4. The average Bonchev–Trinajstić information content (AvgIpc) is 3.48. The number of pyridine rings is 1. The van der Waals surface area contributed by atoms with Gasteiger partial charge in [0.05, 0.1) is 23.9 Å². The van der Waals surface area contributed by atoms with Crippen LogP contribution in [0.5, 0.6) is 5.75 Å². The van der Waals surface area contributed by atoms with Crippen molar-refractivity contribution in [2.75, 3.05) is 50.6 Å². The number of rotatable bonds is 5. The Bertz CT molecular complexity index is 1180. The second kappa shape index (κ2) is 8.76. The minimum Gasteiger partial charge on any atom is -0.494 e. The van der Waals surface area contributed by atoms with Crippen LogP contribution in [-0.2, 0) is 6.42 Å². The van der Waals surface area contributed by atoms with Gasteiger partial charge in [-0.25, -0.2) is 9.37 Å². The Labute approximate surface area is 197 Å². The lowest BCUT2D eigenvalue weighted by atomic mass is 10.1. The van der Waals surface area contributed by atoms with E-state index in [1.165, 1.54) is 24.5 Å². The first-order valence-corrected chi connectivity index (χ1v) is 11.9. The number of thiophene rings is 1. The first kappa shape index (κ1) is 21.9. The van der Waals surface area contributed by atoms with E-state index in [0.717, 1.165) is 53.4 Å². The van der Waals surface area contributed by atoms with Crippen molar-refractivity contribution in [2.45, 2.75) is 18.9 Å². The molecule has 1 saturated heterocycles. The second-order valence-corrected chi connectivity index (χ2v) is 9.80. The number of ether oxygens (including phenoxy) is 1. The molecule has 1 aromatic carbocycles. The Morgan fingerprint density at radius 1 is 1.18 bits per heavy atom. The average molecular weight is 467 g/mol. The second-order valence-electron chi connectivity index (χ2n) is 8.75. The molecule has 0 spiro atoms. The molecule has 0 N–H and O–H groups in total. The van der Waals surface area contributed by atoms with E-state index in [4.69, 9.17) is 4.74 Å². The van der Waals surface area contributed by atoms with Crippen LogP contribution in [0.2, 0.25) is 0 Å². The van der Waals surface area contributed by atoms with Crippen molar-refractivity contribution in [3.05, 3.63) is 58.9 Å². The van der Waals surface area contributed by atoms with Gasteiger partial charge in [0.25, 0.3) is 5.91 Å². The van der Waals surface area contributed by atoms with E-state index in [2.05, 4.69) is 28.9 Å². The van der Waals surface area contributed by atoms with Crippen LogP contribution in [0.25, 0.3) is 10.4 Å². The summed E-state index contributed by atoms with van der Waals surface area (Å²) in [6.45, 7) is 2.56. The summed E-state index contributed by atoms with van der Waals surface area (Å²) in [5, 5.41) is 0. The molecule has 2 aromatic heterocycles. The number of hydrogen-bond acceptors (Lipinski definition) is 6. The minimum atomic E-state index is -0.407. The standard InChI is InChI=1S/C25H27FN4O2S/c1-28(2)19-9-10-29(15-19)23-7-5-18(14-27-23)30-11-8-17-13-22(33-24(17)25(30)31)16-4-6-21(32-3)20(26)12-16/h4-7,12-14,19H,8-11,15H2,1-3H3/t19-/m0/s1. The lowest BCUT2D eigenvalue weighted by molar-refractivity contribution is 0.0985. The molecule has 8 heteroatoms. The van der Waals surface area contributed by atoms with Crippen molar-refractivity contribution in [3.63, 3.8) is 0 Å². The quantitative estimate of drug-likeness (QED) is 0.561. The summed E-state index contributed by atoms with van der Waals surface area (Å²) in [4.78, 5) is 25.9. The van der Waals surface area contributed by atoms with Gasteiger partial charge in [0.15, 0.2) is 11.6 Å². The molecule has 1 atom stereocenters.